The third-order valence-electron chi connectivity index (χ3n) is 4.13. The number of aromatic nitrogens is 3. The Morgan fingerprint density at radius 1 is 1.32 bits per heavy atom. The molecule has 5 nitrogen and oxygen atoms in total. The normalized spacial score (nSPS) is 18.7. The highest BCUT2D eigenvalue weighted by molar-refractivity contribution is 7.11. The van der Waals surface area contributed by atoms with Gasteiger partial charge in [0.05, 0.1) is 28.8 Å². The quantitative estimate of drug-likeness (QED) is 0.789. The molecular weight excluding hydrogens is 296 g/mol. The fourth-order valence-corrected chi connectivity index (χ4v) is 3.63. The minimum absolute atomic E-state index is 0.0238. The summed E-state index contributed by atoms with van der Waals surface area (Å²) in [5.74, 6) is 0.950. The average molecular weight is 312 g/mol. The molecular formula is C16H16N4OS. The molecule has 1 atom stereocenters. The molecule has 22 heavy (non-hydrogen) atoms. The number of para-hydroxylation sites is 2. The van der Waals surface area contributed by atoms with Crippen molar-refractivity contribution in [1.82, 2.24) is 19.9 Å². The minimum Gasteiger partial charge on any atom is -0.340 e. The molecule has 112 valence electrons. The van der Waals surface area contributed by atoms with Crippen molar-refractivity contribution in [3.05, 3.63) is 46.7 Å². The smallest absolute Gasteiger partial charge is 0.266 e. The van der Waals surface area contributed by atoms with Gasteiger partial charge in [-0.2, -0.15) is 0 Å². The summed E-state index contributed by atoms with van der Waals surface area (Å²) < 4.78 is 0. The lowest BCUT2D eigenvalue weighted by Crippen LogP contribution is -2.38. The van der Waals surface area contributed by atoms with Crippen LogP contribution in [-0.2, 0) is 0 Å². The van der Waals surface area contributed by atoms with Gasteiger partial charge in [-0.1, -0.05) is 12.1 Å². The van der Waals surface area contributed by atoms with Crippen LogP contribution in [-0.4, -0.2) is 32.3 Å². The Bertz CT molecular complexity index is 762. The number of thiazole rings is 1. The zero-order valence-corrected chi connectivity index (χ0v) is 12.8. The lowest BCUT2D eigenvalue weighted by atomic mass is 10.0. The number of likely N-dealkylation sites (tertiary alicyclic amines) is 1. The van der Waals surface area contributed by atoms with Crippen molar-refractivity contribution >= 4 is 28.3 Å². The number of carbonyl (C=O) groups excluding carboxylic acids is 1. The van der Waals surface area contributed by atoms with Crippen LogP contribution in [0.1, 0.15) is 40.8 Å². The number of nitrogens with zero attached hydrogens (tertiary/aromatic N) is 3. The standard InChI is InChI=1S/C16H16N4OS/c21-16(14-9-17-10-22-14)20-8-4-3-7-13(20)15-18-11-5-1-2-6-12(11)19-15/h1-2,5-6,9-10,13H,3-4,7-8H2,(H,18,19)/t13-/m1/s1. The first-order valence-electron chi connectivity index (χ1n) is 7.47. The van der Waals surface area contributed by atoms with Gasteiger partial charge in [-0.15, -0.1) is 11.3 Å². The number of aromatic amines is 1. The number of H-pyrrole nitrogens is 1. The maximum absolute atomic E-state index is 12.7. The van der Waals surface area contributed by atoms with Gasteiger partial charge in [0.1, 0.15) is 10.7 Å². The predicted octanol–water partition coefficient (Wildman–Crippen LogP) is 3.39. The van der Waals surface area contributed by atoms with Gasteiger partial charge in [0.25, 0.3) is 5.91 Å². The van der Waals surface area contributed by atoms with Gasteiger partial charge in [-0.3, -0.25) is 9.78 Å². The number of piperidine rings is 1. The number of benzene rings is 1. The second-order valence-corrected chi connectivity index (χ2v) is 6.40. The highest BCUT2D eigenvalue weighted by Gasteiger charge is 2.31. The van der Waals surface area contributed by atoms with Gasteiger partial charge in [0.2, 0.25) is 0 Å². The highest BCUT2D eigenvalue weighted by Crippen LogP contribution is 2.32. The zero-order valence-electron chi connectivity index (χ0n) is 12.0. The molecule has 1 fully saturated rings. The van der Waals surface area contributed by atoms with Crippen LogP contribution in [0.25, 0.3) is 11.0 Å². The molecule has 0 aliphatic carbocycles. The van der Waals surface area contributed by atoms with Crippen molar-refractivity contribution in [3.8, 4) is 0 Å². The summed E-state index contributed by atoms with van der Waals surface area (Å²) in [5, 5.41) is 0. The van der Waals surface area contributed by atoms with E-state index in [-0.39, 0.29) is 11.9 Å². The Balaban J connectivity index is 1.69. The highest BCUT2D eigenvalue weighted by atomic mass is 32.1. The summed E-state index contributed by atoms with van der Waals surface area (Å²) in [6.45, 7) is 0.776. The fraction of sp³-hybridized carbons (Fsp3) is 0.312. The first-order chi connectivity index (χ1) is 10.8. The third-order valence-corrected chi connectivity index (χ3v) is 4.89. The van der Waals surface area contributed by atoms with Crippen molar-refractivity contribution in [3.63, 3.8) is 0 Å². The molecule has 1 aliphatic heterocycles. The van der Waals surface area contributed by atoms with E-state index in [0.29, 0.717) is 4.88 Å². The molecule has 1 N–H and O–H groups in total. The molecule has 3 aromatic rings. The second kappa shape index (κ2) is 5.53. The molecule has 1 aliphatic rings. The summed E-state index contributed by atoms with van der Waals surface area (Å²) in [6, 6.07) is 8.01. The van der Waals surface area contributed by atoms with Crippen LogP contribution in [0.2, 0.25) is 0 Å². The van der Waals surface area contributed by atoms with Crippen molar-refractivity contribution in [2.45, 2.75) is 25.3 Å². The molecule has 1 saturated heterocycles. The second-order valence-electron chi connectivity index (χ2n) is 5.52. The molecule has 4 rings (SSSR count). The number of carbonyl (C=O) groups is 1. The van der Waals surface area contributed by atoms with E-state index in [2.05, 4.69) is 15.0 Å². The van der Waals surface area contributed by atoms with Crippen LogP contribution in [0, 0.1) is 0 Å². The van der Waals surface area contributed by atoms with Gasteiger partial charge in [0, 0.05) is 6.54 Å². The summed E-state index contributed by atoms with van der Waals surface area (Å²) in [5.41, 5.74) is 3.68. The number of hydrogen-bond acceptors (Lipinski definition) is 4. The van der Waals surface area contributed by atoms with E-state index in [0.717, 1.165) is 42.7 Å². The van der Waals surface area contributed by atoms with Gasteiger partial charge in [-0.25, -0.2) is 4.98 Å². The van der Waals surface area contributed by atoms with E-state index in [4.69, 9.17) is 0 Å². The Hall–Kier alpha value is -2.21. The molecule has 0 radical (unpaired) electrons. The Kier molecular flexibility index (Phi) is 3.38. The molecule has 1 amide bonds. The fourth-order valence-electron chi connectivity index (χ4n) is 3.05. The molecule has 0 unspecified atom stereocenters. The summed E-state index contributed by atoms with van der Waals surface area (Å²) >= 11 is 1.39. The Morgan fingerprint density at radius 2 is 2.23 bits per heavy atom. The van der Waals surface area contributed by atoms with Crippen LogP contribution in [0.4, 0.5) is 0 Å². The SMILES string of the molecule is O=C(c1cncs1)N1CCCC[C@@H]1c1nc2ccccc2[nH]1. The van der Waals surface area contributed by atoms with Crippen molar-refractivity contribution in [2.75, 3.05) is 6.54 Å². The molecule has 0 spiro atoms. The topological polar surface area (TPSA) is 61.9 Å². The number of hydrogen-bond donors (Lipinski definition) is 1. The first-order valence-corrected chi connectivity index (χ1v) is 8.35. The maximum atomic E-state index is 12.7. The van der Waals surface area contributed by atoms with Gasteiger partial charge in [-0.05, 0) is 31.4 Å². The van der Waals surface area contributed by atoms with Crippen molar-refractivity contribution in [1.29, 1.82) is 0 Å². The van der Waals surface area contributed by atoms with E-state index >= 15 is 0 Å². The lowest BCUT2D eigenvalue weighted by Gasteiger charge is -2.34. The molecule has 2 aromatic heterocycles. The summed E-state index contributed by atoms with van der Waals surface area (Å²) in [6.07, 6.45) is 4.76. The molecule has 3 heterocycles. The van der Waals surface area contributed by atoms with Gasteiger partial charge >= 0.3 is 0 Å². The van der Waals surface area contributed by atoms with Crippen LogP contribution >= 0.6 is 11.3 Å². The van der Waals surface area contributed by atoms with Gasteiger partial charge in [0.15, 0.2) is 0 Å². The molecule has 0 bridgehead atoms. The minimum atomic E-state index is 0.0238. The Labute approximate surface area is 132 Å². The summed E-state index contributed by atoms with van der Waals surface area (Å²) in [4.78, 5) is 27.4. The number of rotatable bonds is 2. The van der Waals surface area contributed by atoms with E-state index in [1.165, 1.54) is 11.3 Å². The van der Waals surface area contributed by atoms with Crippen LogP contribution in [0.15, 0.2) is 36.0 Å². The largest absolute Gasteiger partial charge is 0.340 e. The number of imidazole rings is 1. The van der Waals surface area contributed by atoms with E-state index in [9.17, 15) is 4.79 Å². The van der Waals surface area contributed by atoms with E-state index in [1.54, 1.807) is 11.7 Å². The summed E-state index contributed by atoms with van der Waals surface area (Å²) in [7, 11) is 0. The number of fused-ring (bicyclic) bond motifs is 1. The van der Waals surface area contributed by atoms with Crippen LogP contribution in [0.3, 0.4) is 0 Å². The number of nitrogens with one attached hydrogen (secondary N) is 1. The molecule has 0 saturated carbocycles. The van der Waals surface area contributed by atoms with Crippen LogP contribution in [0.5, 0.6) is 0 Å². The lowest BCUT2D eigenvalue weighted by molar-refractivity contribution is 0.0606. The zero-order chi connectivity index (χ0) is 14.9. The predicted molar refractivity (Wildman–Crippen MR) is 85.8 cm³/mol. The average Bonchev–Trinajstić information content (AvgIpc) is 3.23. The first kappa shape index (κ1) is 13.5. The van der Waals surface area contributed by atoms with E-state index in [1.807, 2.05) is 29.2 Å². The van der Waals surface area contributed by atoms with Crippen molar-refractivity contribution in [2.24, 2.45) is 0 Å². The third kappa shape index (κ3) is 2.29. The van der Waals surface area contributed by atoms with Gasteiger partial charge < -0.3 is 9.88 Å². The van der Waals surface area contributed by atoms with Crippen molar-refractivity contribution < 1.29 is 4.79 Å². The molecule has 6 heteroatoms. The monoisotopic (exact) mass is 312 g/mol. The Morgan fingerprint density at radius 3 is 3.05 bits per heavy atom. The number of amides is 1. The van der Waals surface area contributed by atoms with E-state index < -0.39 is 0 Å². The molecule has 1 aromatic carbocycles. The maximum Gasteiger partial charge on any atom is 0.266 e. The van der Waals surface area contributed by atoms with Crippen LogP contribution < -0.4 is 0 Å².